The molecule has 2 aliphatic carbocycles. The lowest BCUT2D eigenvalue weighted by atomic mass is 9.88. The second-order valence-corrected chi connectivity index (χ2v) is 12.3. The number of hydrogen-bond acceptors (Lipinski definition) is 5. The Balaban J connectivity index is 1.91. The van der Waals surface area contributed by atoms with Crippen LogP contribution in [-0.4, -0.2) is 43.0 Å². The Morgan fingerprint density at radius 2 is 1.65 bits per heavy atom. The van der Waals surface area contributed by atoms with Gasteiger partial charge in [-0.1, -0.05) is 32.1 Å². The number of rotatable bonds is 8. The summed E-state index contributed by atoms with van der Waals surface area (Å²) in [5, 5.41) is 2.68. The van der Waals surface area contributed by atoms with E-state index in [4.69, 9.17) is 0 Å². The van der Waals surface area contributed by atoms with Gasteiger partial charge in [0.15, 0.2) is 5.78 Å². The largest absolute Gasteiger partial charge is 0.340 e. The van der Waals surface area contributed by atoms with E-state index >= 15 is 0 Å². The van der Waals surface area contributed by atoms with E-state index in [1.165, 1.54) is 33.1 Å². The molecule has 1 aromatic rings. The molecule has 1 amide bonds. The number of aryl methyl sites for hydroxylation is 1. The third-order valence-electron chi connectivity index (χ3n) is 7.13. The summed E-state index contributed by atoms with van der Waals surface area (Å²) in [4.78, 5) is 39.4. The molecule has 190 valence electrons. The van der Waals surface area contributed by atoms with Crippen molar-refractivity contribution >= 4 is 21.7 Å². The Kier molecular flexibility index (Phi) is 8.73. The molecule has 0 bridgehead atoms. The third-order valence-corrected chi connectivity index (χ3v) is 7.80. The molecule has 0 aromatic carbocycles. The van der Waals surface area contributed by atoms with Gasteiger partial charge in [0.05, 0.1) is 18.3 Å². The Hall–Kier alpha value is -2.00. The predicted octanol–water partition coefficient (Wildman–Crippen LogP) is 2.71. The number of nitrogens with zero attached hydrogens (tertiary/aromatic N) is 1. The van der Waals surface area contributed by atoms with Crippen molar-refractivity contribution in [3.8, 4) is 0 Å². The summed E-state index contributed by atoms with van der Waals surface area (Å²) >= 11 is 0. The minimum atomic E-state index is -3.54. The third kappa shape index (κ3) is 7.01. The van der Waals surface area contributed by atoms with Gasteiger partial charge in [0.2, 0.25) is 10.0 Å². The van der Waals surface area contributed by atoms with Crippen LogP contribution < -0.4 is 15.6 Å². The van der Waals surface area contributed by atoms with Crippen LogP contribution in [0.25, 0.3) is 0 Å². The molecule has 1 fully saturated rings. The van der Waals surface area contributed by atoms with Crippen LogP contribution in [0.15, 0.2) is 10.9 Å². The number of nitrogens with one attached hydrogen (secondary N) is 2. The van der Waals surface area contributed by atoms with Crippen molar-refractivity contribution in [2.75, 3.05) is 12.8 Å². The summed E-state index contributed by atoms with van der Waals surface area (Å²) in [5.74, 6) is -0.635. The van der Waals surface area contributed by atoms with E-state index < -0.39 is 33.8 Å². The van der Waals surface area contributed by atoms with Crippen molar-refractivity contribution in [3.63, 3.8) is 0 Å². The molecule has 8 nitrogen and oxygen atoms in total. The number of carbonyl (C=O) groups is 2. The molecule has 1 saturated carbocycles. The number of aromatic nitrogens is 1. The van der Waals surface area contributed by atoms with Gasteiger partial charge in [-0.25, -0.2) is 13.1 Å². The highest BCUT2D eigenvalue weighted by Gasteiger charge is 2.32. The number of hydrogen-bond donors (Lipinski definition) is 2. The van der Waals surface area contributed by atoms with E-state index in [2.05, 4.69) is 10.0 Å². The number of amides is 1. The molecule has 0 radical (unpaired) electrons. The second kappa shape index (κ2) is 11.2. The molecular weight excluding hydrogens is 454 g/mol. The van der Waals surface area contributed by atoms with Crippen LogP contribution in [-0.2, 0) is 34.2 Å². The van der Waals surface area contributed by atoms with Crippen molar-refractivity contribution in [3.05, 3.63) is 33.2 Å². The standard InChI is InChI=1S/C25H39N3O5S/c1-25(2,22(29)16-26-34(3,32)33)27-23(30)20-15-19-13-9-4-5-10-14-21(19)28(24(20)31)17-18-11-7-6-8-12-18/h15,18,26H,4-14,16-17H2,1-3H3,(H,27,30). The first kappa shape index (κ1) is 26.6. The minimum absolute atomic E-state index is 0.0621. The number of sulfonamides is 1. The molecule has 2 aliphatic rings. The maximum Gasteiger partial charge on any atom is 0.263 e. The topological polar surface area (TPSA) is 114 Å². The van der Waals surface area contributed by atoms with Gasteiger partial charge >= 0.3 is 0 Å². The summed E-state index contributed by atoms with van der Waals surface area (Å²) < 4.78 is 26.7. The van der Waals surface area contributed by atoms with Gasteiger partial charge in [0.25, 0.3) is 11.5 Å². The van der Waals surface area contributed by atoms with Crippen molar-refractivity contribution < 1.29 is 18.0 Å². The first-order chi connectivity index (χ1) is 16.0. The monoisotopic (exact) mass is 493 g/mol. The molecule has 3 rings (SSSR count). The Bertz CT molecular complexity index is 1070. The molecule has 0 aliphatic heterocycles. The van der Waals surface area contributed by atoms with Gasteiger partial charge in [-0.3, -0.25) is 14.4 Å². The van der Waals surface area contributed by atoms with Crippen LogP contribution in [0.3, 0.4) is 0 Å². The quantitative estimate of drug-likeness (QED) is 0.578. The maximum atomic E-state index is 13.6. The fourth-order valence-electron chi connectivity index (χ4n) is 5.06. The SMILES string of the molecule is CC(C)(NC(=O)c1cc2c(n(CC3CCCCC3)c1=O)CCCCCC2)C(=O)CNS(C)(=O)=O. The van der Waals surface area contributed by atoms with Crippen molar-refractivity contribution in [1.29, 1.82) is 0 Å². The lowest BCUT2D eigenvalue weighted by Crippen LogP contribution is -2.54. The molecule has 1 aromatic heterocycles. The van der Waals surface area contributed by atoms with E-state index in [1.807, 2.05) is 4.57 Å². The van der Waals surface area contributed by atoms with Gasteiger partial charge < -0.3 is 9.88 Å². The minimum Gasteiger partial charge on any atom is -0.340 e. The fourth-order valence-corrected chi connectivity index (χ4v) is 5.45. The van der Waals surface area contributed by atoms with E-state index in [1.54, 1.807) is 6.07 Å². The van der Waals surface area contributed by atoms with Crippen LogP contribution in [0.1, 0.15) is 93.3 Å². The van der Waals surface area contributed by atoms with Crippen LogP contribution in [0.5, 0.6) is 0 Å². The number of fused-ring (bicyclic) bond motifs is 1. The van der Waals surface area contributed by atoms with Gasteiger partial charge in [0, 0.05) is 12.2 Å². The highest BCUT2D eigenvalue weighted by Crippen LogP contribution is 2.27. The Morgan fingerprint density at radius 3 is 2.29 bits per heavy atom. The van der Waals surface area contributed by atoms with E-state index in [-0.39, 0.29) is 11.1 Å². The molecule has 1 heterocycles. The second-order valence-electron chi connectivity index (χ2n) is 10.5. The van der Waals surface area contributed by atoms with Gasteiger partial charge in [-0.2, -0.15) is 0 Å². The lowest BCUT2D eigenvalue weighted by molar-refractivity contribution is -0.122. The van der Waals surface area contributed by atoms with Crippen molar-refractivity contribution in [1.82, 2.24) is 14.6 Å². The summed E-state index contributed by atoms with van der Waals surface area (Å²) in [5.41, 5.74) is 0.564. The number of pyridine rings is 1. The Labute approximate surface area is 202 Å². The number of Topliss-reactive ketones (excluding diaryl/α,β-unsaturated/α-hetero) is 1. The molecular formula is C25H39N3O5S. The maximum absolute atomic E-state index is 13.6. The van der Waals surface area contributed by atoms with Crippen LogP contribution in [0, 0.1) is 5.92 Å². The van der Waals surface area contributed by atoms with Crippen LogP contribution in [0.4, 0.5) is 0 Å². The zero-order valence-electron chi connectivity index (χ0n) is 20.7. The first-order valence-electron chi connectivity index (χ1n) is 12.5. The summed E-state index contributed by atoms with van der Waals surface area (Å²) in [6.45, 7) is 3.25. The van der Waals surface area contributed by atoms with E-state index in [0.29, 0.717) is 12.5 Å². The van der Waals surface area contributed by atoms with Crippen molar-refractivity contribution in [2.24, 2.45) is 5.92 Å². The molecule has 34 heavy (non-hydrogen) atoms. The zero-order chi connectivity index (χ0) is 24.9. The number of carbonyl (C=O) groups excluding carboxylic acids is 2. The highest BCUT2D eigenvalue weighted by atomic mass is 32.2. The average Bonchev–Trinajstić information content (AvgIpc) is 2.74. The summed E-state index contributed by atoms with van der Waals surface area (Å²) in [6, 6.07) is 1.73. The molecule has 0 atom stereocenters. The average molecular weight is 494 g/mol. The van der Waals surface area contributed by atoms with E-state index in [9.17, 15) is 22.8 Å². The highest BCUT2D eigenvalue weighted by molar-refractivity contribution is 7.88. The normalized spacial score (nSPS) is 18.0. The molecule has 0 spiro atoms. The molecule has 0 saturated heterocycles. The summed E-state index contributed by atoms with van der Waals surface area (Å²) in [6.07, 6.45) is 12.8. The van der Waals surface area contributed by atoms with Gasteiger partial charge in [-0.05, 0) is 69.9 Å². The predicted molar refractivity (Wildman–Crippen MR) is 133 cm³/mol. The number of ketones is 1. The summed E-state index contributed by atoms with van der Waals surface area (Å²) in [7, 11) is -3.54. The Morgan fingerprint density at radius 1 is 1.03 bits per heavy atom. The van der Waals surface area contributed by atoms with Crippen molar-refractivity contribution in [2.45, 2.75) is 96.6 Å². The van der Waals surface area contributed by atoms with Gasteiger partial charge in [0.1, 0.15) is 5.56 Å². The zero-order valence-corrected chi connectivity index (χ0v) is 21.6. The molecule has 0 unspecified atom stereocenters. The smallest absolute Gasteiger partial charge is 0.263 e. The van der Waals surface area contributed by atoms with Gasteiger partial charge in [-0.15, -0.1) is 0 Å². The first-order valence-corrected chi connectivity index (χ1v) is 14.4. The molecule has 2 N–H and O–H groups in total. The lowest BCUT2D eigenvalue weighted by Gasteiger charge is -2.28. The molecule has 9 heteroatoms. The fraction of sp³-hybridized carbons (Fsp3) is 0.720. The van der Waals surface area contributed by atoms with Crippen LogP contribution in [0.2, 0.25) is 0 Å². The van der Waals surface area contributed by atoms with E-state index in [0.717, 1.165) is 68.9 Å². The van der Waals surface area contributed by atoms with Crippen LogP contribution >= 0.6 is 0 Å².